The molecule has 1 aliphatic heterocycles. The van der Waals surface area contributed by atoms with Crippen molar-refractivity contribution in [1.29, 1.82) is 0 Å². The summed E-state index contributed by atoms with van der Waals surface area (Å²) in [5.41, 5.74) is 3.74. The number of phenolic OH excluding ortho intramolecular Hbond substituents is 1. The molecular formula is C23H25BrN4O2S. The number of hydrogen-bond acceptors (Lipinski definition) is 5. The SMILES string of the molecule is Cc1ccc(-n2c(SCC(=O)N3CCCCC3)nnc2-c2cc(Br)ccc2O)c(C)c1. The fourth-order valence-electron chi connectivity index (χ4n) is 3.86. The van der Waals surface area contributed by atoms with E-state index in [1.807, 2.05) is 34.6 Å². The van der Waals surface area contributed by atoms with E-state index in [1.54, 1.807) is 12.1 Å². The summed E-state index contributed by atoms with van der Waals surface area (Å²) in [5, 5.41) is 19.9. The molecule has 2 aromatic carbocycles. The summed E-state index contributed by atoms with van der Waals surface area (Å²) >= 11 is 4.86. The standard InChI is InChI=1S/C23H25BrN4O2S/c1-15-6-8-19(16(2)12-15)28-22(18-13-17(24)7-9-20(18)29)25-26-23(28)31-14-21(30)27-10-4-3-5-11-27/h6-9,12-13,29H,3-5,10-11,14H2,1-2H3. The first-order valence-corrected chi connectivity index (χ1v) is 12.1. The number of nitrogens with zero attached hydrogens (tertiary/aromatic N) is 4. The highest BCUT2D eigenvalue weighted by Gasteiger charge is 2.22. The Morgan fingerprint density at radius 1 is 1.10 bits per heavy atom. The molecule has 6 nitrogen and oxygen atoms in total. The van der Waals surface area contributed by atoms with Crippen LogP contribution in [0.15, 0.2) is 46.0 Å². The van der Waals surface area contributed by atoms with Crippen LogP contribution in [0, 0.1) is 13.8 Å². The van der Waals surface area contributed by atoms with Crippen molar-refractivity contribution < 1.29 is 9.90 Å². The molecule has 1 saturated heterocycles. The van der Waals surface area contributed by atoms with Crippen LogP contribution in [0.3, 0.4) is 0 Å². The lowest BCUT2D eigenvalue weighted by molar-refractivity contribution is -0.129. The molecule has 1 aromatic heterocycles. The van der Waals surface area contributed by atoms with Crippen LogP contribution < -0.4 is 0 Å². The minimum Gasteiger partial charge on any atom is -0.507 e. The zero-order valence-corrected chi connectivity index (χ0v) is 20.0. The lowest BCUT2D eigenvalue weighted by Crippen LogP contribution is -2.36. The lowest BCUT2D eigenvalue weighted by atomic mass is 10.1. The number of aromatic hydroxyl groups is 1. The number of halogens is 1. The van der Waals surface area contributed by atoms with Crippen molar-refractivity contribution in [3.63, 3.8) is 0 Å². The van der Waals surface area contributed by atoms with Crippen molar-refractivity contribution in [1.82, 2.24) is 19.7 Å². The Hall–Kier alpha value is -2.32. The van der Waals surface area contributed by atoms with Gasteiger partial charge in [-0.1, -0.05) is 45.4 Å². The van der Waals surface area contributed by atoms with Crippen molar-refractivity contribution in [2.24, 2.45) is 0 Å². The van der Waals surface area contributed by atoms with Crippen LogP contribution in [0.4, 0.5) is 0 Å². The van der Waals surface area contributed by atoms with Gasteiger partial charge in [-0.3, -0.25) is 9.36 Å². The Balaban J connectivity index is 1.72. The maximum absolute atomic E-state index is 12.7. The number of piperidine rings is 1. The molecule has 1 fully saturated rings. The van der Waals surface area contributed by atoms with E-state index in [-0.39, 0.29) is 11.7 Å². The number of likely N-dealkylation sites (tertiary alicyclic amines) is 1. The zero-order chi connectivity index (χ0) is 22.0. The molecule has 0 atom stereocenters. The quantitative estimate of drug-likeness (QED) is 0.492. The first kappa shape index (κ1) is 21.9. The molecule has 31 heavy (non-hydrogen) atoms. The van der Waals surface area contributed by atoms with Crippen LogP contribution in [-0.4, -0.2) is 49.5 Å². The molecule has 0 unspecified atom stereocenters. The first-order valence-electron chi connectivity index (χ1n) is 10.4. The summed E-state index contributed by atoms with van der Waals surface area (Å²) < 4.78 is 2.77. The predicted octanol–water partition coefficient (Wildman–Crippen LogP) is 5.12. The normalized spacial score (nSPS) is 14.1. The van der Waals surface area contributed by atoms with E-state index in [2.05, 4.69) is 39.1 Å². The number of benzene rings is 2. The third-order valence-corrected chi connectivity index (χ3v) is 6.87. The van der Waals surface area contributed by atoms with Gasteiger partial charge in [0, 0.05) is 17.6 Å². The average Bonchev–Trinajstić information content (AvgIpc) is 3.17. The van der Waals surface area contributed by atoms with E-state index >= 15 is 0 Å². The maximum atomic E-state index is 12.7. The Labute approximate surface area is 194 Å². The molecule has 1 aliphatic rings. The van der Waals surface area contributed by atoms with Gasteiger partial charge in [-0.15, -0.1) is 10.2 Å². The Bertz CT molecular complexity index is 1110. The van der Waals surface area contributed by atoms with Crippen molar-refractivity contribution in [3.05, 3.63) is 52.0 Å². The van der Waals surface area contributed by atoms with Crippen LogP contribution in [0.2, 0.25) is 0 Å². The monoisotopic (exact) mass is 500 g/mol. The molecule has 162 valence electrons. The van der Waals surface area contributed by atoms with Crippen LogP contribution in [0.1, 0.15) is 30.4 Å². The van der Waals surface area contributed by atoms with Gasteiger partial charge in [-0.05, 0) is 62.9 Å². The molecule has 0 aliphatic carbocycles. The fraction of sp³-hybridized carbons (Fsp3) is 0.348. The van der Waals surface area contributed by atoms with Crippen LogP contribution in [0.5, 0.6) is 5.75 Å². The molecule has 4 rings (SSSR count). The number of aryl methyl sites for hydroxylation is 2. The molecule has 0 radical (unpaired) electrons. The van der Waals surface area contributed by atoms with Gasteiger partial charge in [-0.2, -0.15) is 0 Å². The van der Waals surface area contributed by atoms with E-state index in [9.17, 15) is 9.90 Å². The van der Waals surface area contributed by atoms with Crippen LogP contribution in [-0.2, 0) is 4.79 Å². The van der Waals surface area contributed by atoms with Gasteiger partial charge < -0.3 is 10.0 Å². The third kappa shape index (κ3) is 4.80. The summed E-state index contributed by atoms with van der Waals surface area (Å²) in [7, 11) is 0. The van der Waals surface area contributed by atoms with Crippen LogP contribution in [0.25, 0.3) is 17.1 Å². The third-order valence-electron chi connectivity index (χ3n) is 5.46. The number of rotatable bonds is 5. The number of phenols is 1. The minimum atomic E-state index is 0.127. The number of carbonyl (C=O) groups excluding carboxylic acids is 1. The molecule has 0 bridgehead atoms. The second-order valence-electron chi connectivity index (χ2n) is 7.82. The molecule has 3 aromatic rings. The molecule has 0 saturated carbocycles. The Kier molecular flexibility index (Phi) is 6.67. The van der Waals surface area contributed by atoms with Crippen molar-refractivity contribution in [3.8, 4) is 22.8 Å². The Morgan fingerprint density at radius 3 is 2.61 bits per heavy atom. The van der Waals surface area contributed by atoms with Gasteiger partial charge in [0.15, 0.2) is 11.0 Å². The number of carbonyl (C=O) groups is 1. The van der Waals surface area contributed by atoms with Gasteiger partial charge in [0.05, 0.1) is 17.0 Å². The summed E-state index contributed by atoms with van der Waals surface area (Å²) in [6, 6.07) is 11.4. The van der Waals surface area contributed by atoms with Gasteiger partial charge in [0.1, 0.15) is 5.75 Å². The highest BCUT2D eigenvalue weighted by molar-refractivity contribution is 9.10. The highest BCUT2D eigenvalue weighted by Crippen LogP contribution is 2.35. The van der Waals surface area contributed by atoms with Crippen LogP contribution >= 0.6 is 27.7 Å². The number of hydrogen-bond donors (Lipinski definition) is 1. The Morgan fingerprint density at radius 2 is 1.87 bits per heavy atom. The number of thioether (sulfide) groups is 1. The van der Waals surface area contributed by atoms with E-state index in [4.69, 9.17) is 0 Å². The zero-order valence-electron chi connectivity index (χ0n) is 17.6. The summed E-state index contributed by atoms with van der Waals surface area (Å²) in [5.74, 6) is 1.11. The van der Waals surface area contributed by atoms with Crippen molar-refractivity contribution in [2.75, 3.05) is 18.8 Å². The van der Waals surface area contributed by atoms with Gasteiger partial charge >= 0.3 is 0 Å². The smallest absolute Gasteiger partial charge is 0.233 e. The topological polar surface area (TPSA) is 71.2 Å². The highest BCUT2D eigenvalue weighted by atomic mass is 79.9. The fourth-order valence-corrected chi connectivity index (χ4v) is 5.07. The summed E-state index contributed by atoms with van der Waals surface area (Å²) in [4.78, 5) is 14.6. The predicted molar refractivity (Wildman–Crippen MR) is 127 cm³/mol. The van der Waals surface area contributed by atoms with E-state index < -0.39 is 0 Å². The van der Waals surface area contributed by atoms with E-state index in [0.717, 1.165) is 47.2 Å². The number of amides is 1. The first-order chi connectivity index (χ1) is 14.9. The van der Waals surface area contributed by atoms with E-state index in [1.165, 1.54) is 18.2 Å². The van der Waals surface area contributed by atoms with Crippen molar-refractivity contribution >= 4 is 33.6 Å². The summed E-state index contributed by atoms with van der Waals surface area (Å²) in [6.07, 6.45) is 3.33. The van der Waals surface area contributed by atoms with Gasteiger partial charge in [0.25, 0.3) is 0 Å². The molecule has 0 spiro atoms. The molecule has 1 amide bonds. The van der Waals surface area contributed by atoms with Gasteiger partial charge in [0.2, 0.25) is 5.91 Å². The minimum absolute atomic E-state index is 0.127. The second-order valence-corrected chi connectivity index (χ2v) is 9.68. The summed E-state index contributed by atoms with van der Waals surface area (Å²) in [6.45, 7) is 5.76. The van der Waals surface area contributed by atoms with Gasteiger partial charge in [-0.25, -0.2) is 0 Å². The largest absolute Gasteiger partial charge is 0.507 e. The maximum Gasteiger partial charge on any atom is 0.233 e. The number of aromatic nitrogens is 3. The molecule has 2 heterocycles. The molecular weight excluding hydrogens is 476 g/mol. The second kappa shape index (κ2) is 9.44. The average molecular weight is 501 g/mol. The van der Waals surface area contributed by atoms with Crippen molar-refractivity contribution in [2.45, 2.75) is 38.3 Å². The lowest BCUT2D eigenvalue weighted by Gasteiger charge is -2.26. The molecule has 8 heteroatoms. The van der Waals surface area contributed by atoms with E-state index in [0.29, 0.717) is 22.3 Å². The molecule has 1 N–H and O–H groups in total.